The number of quaternary nitrogens is 2. The number of allylic oxidation sites excluding steroid dienone is 4. The third kappa shape index (κ3) is 38.5. The van der Waals surface area contributed by atoms with Crippen molar-refractivity contribution in [3.05, 3.63) is 24.3 Å². The van der Waals surface area contributed by atoms with E-state index in [4.69, 9.17) is 9.47 Å². The van der Waals surface area contributed by atoms with E-state index in [0.717, 1.165) is 48.1 Å². The standard InChI is InChI=1S/C46H94N2O2/c1-9-11-13-15-17-19-21-23-25-27-29-31-33-35-37-39-41-49-45(43-47(3,4)5)46(44-48(6,7)8)50-42-40-38-36-34-32-30-28-26-24-22-20-18-16-14-12-10-2/h23-26,45-46H,9-22,27-44H2,1-8H3/q+2. The molecule has 4 nitrogen and oxygen atoms in total. The van der Waals surface area contributed by atoms with Crippen molar-refractivity contribution in [2.75, 3.05) is 68.6 Å². The average molecular weight is 707 g/mol. The maximum absolute atomic E-state index is 6.66. The number of nitrogens with zero attached hydrogens (tertiary/aromatic N) is 2. The Balaban J connectivity index is 4.21. The Morgan fingerprint density at radius 2 is 0.580 bits per heavy atom. The second kappa shape index (κ2) is 35.4. The van der Waals surface area contributed by atoms with Gasteiger partial charge in [0.1, 0.15) is 25.3 Å². The maximum atomic E-state index is 6.66. The van der Waals surface area contributed by atoms with Crippen LogP contribution in [0.1, 0.15) is 194 Å². The van der Waals surface area contributed by atoms with Crippen LogP contribution in [0.25, 0.3) is 0 Å². The van der Waals surface area contributed by atoms with Gasteiger partial charge in [-0.1, -0.05) is 154 Å². The molecule has 50 heavy (non-hydrogen) atoms. The zero-order valence-electron chi connectivity index (χ0n) is 35.8. The van der Waals surface area contributed by atoms with Crippen molar-refractivity contribution in [3.63, 3.8) is 0 Å². The van der Waals surface area contributed by atoms with Crippen LogP contribution in [0, 0.1) is 0 Å². The molecule has 0 aromatic carbocycles. The van der Waals surface area contributed by atoms with Crippen LogP contribution in [0.5, 0.6) is 0 Å². The molecule has 0 heterocycles. The van der Waals surface area contributed by atoms with Gasteiger partial charge in [0.15, 0.2) is 0 Å². The molecule has 0 aliphatic heterocycles. The lowest BCUT2D eigenvalue weighted by molar-refractivity contribution is -0.882. The van der Waals surface area contributed by atoms with Crippen LogP contribution in [0.4, 0.5) is 0 Å². The first kappa shape index (κ1) is 49.3. The number of rotatable bonds is 39. The third-order valence-corrected chi connectivity index (χ3v) is 9.85. The van der Waals surface area contributed by atoms with Crippen molar-refractivity contribution in [2.45, 2.75) is 206 Å². The van der Waals surface area contributed by atoms with Crippen LogP contribution in [0.3, 0.4) is 0 Å². The van der Waals surface area contributed by atoms with Crippen molar-refractivity contribution in [1.29, 1.82) is 0 Å². The van der Waals surface area contributed by atoms with Gasteiger partial charge in [0, 0.05) is 13.2 Å². The van der Waals surface area contributed by atoms with E-state index in [1.54, 1.807) is 0 Å². The van der Waals surface area contributed by atoms with Gasteiger partial charge >= 0.3 is 0 Å². The van der Waals surface area contributed by atoms with Gasteiger partial charge in [0.05, 0.1) is 42.3 Å². The highest BCUT2D eigenvalue weighted by Crippen LogP contribution is 2.16. The van der Waals surface area contributed by atoms with Gasteiger partial charge in [-0.15, -0.1) is 0 Å². The van der Waals surface area contributed by atoms with E-state index in [9.17, 15) is 0 Å². The van der Waals surface area contributed by atoms with E-state index >= 15 is 0 Å². The molecule has 0 rings (SSSR count). The summed E-state index contributed by atoms with van der Waals surface area (Å²) in [5.41, 5.74) is 0. The Hall–Kier alpha value is -0.680. The Labute approximate surface area is 316 Å². The van der Waals surface area contributed by atoms with Gasteiger partial charge in [-0.25, -0.2) is 0 Å². The molecule has 0 aliphatic rings. The number of likely N-dealkylation sites (N-methyl/N-ethyl adjacent to an activating group) is 2. The van der Waals surface area contributed by atoms with E-state index in [1.165, 1.54) is 167 Å². The number of hydrogen-bond acceptors (Lipinski definition) is 2. The molecule has 2 atom stereocenters. The summed E-state index contributed by atoms with van der Waals surface area (Å²) in [6.07, 6.45) is 47.5. The quantitative estimate of drug-likeness (QED) is 0.0360. The molecule has 0 saturated carbocycles. The van der Waals surface area contributed by atoms with E-state index in [1.807, 2.05) is 0 Å². The molecule has 0 aliphatic carbocycles. The van der Waals surface area contributed by atoms with Gasteiger partial charge in [-0.05, 0) is 64.2 Å². The molecular formula is C46H94N2O2+2. The van der Waals surface area contributed by atoms with Crippen LogP contribution in [-0.2, 0) is 9.47 Å². The predicted octanol–water partition coefficient (Wildman–Crippen LogP) is 13.2. The molecule has 0 bridgehead atoms. The summed E-state index contributed by atoms with van der Waals surface area (Å²) in [7, 11) is 13.7. The largest absolute Gasteiger partial charge is 0.369 e. The summed E-state index contributed by atoms with van der Waals surface area (Å²) in [5, 5.41) is 0. The molecule has 0 spiro atoms. The highest BCUT2D eigenvalue weighted by Gasteiger charge is 2.32. The van der Waals surface area contributed by atoms with Crippen molar-refractivity contribution in [3.8, 4) is 0 Å². The first-order valence-electron chi connectivity index (χ1n) is 22.2. The van der Waals surface area contributed by atoms with Gasteiger partial charge in [0.25, 0.3) is 0 Å². The minimum absolute atomic E-state index is 0.143. The van der Waals surface area contributed by atoms with Crippen molar-refractivity contribution >= 4 is 0 Å². The molecule has 0 aromatic heterocycles. The van der Waals surface area contributed by atoms with Gasteiger partial charge < -0.3 is 18.4 Å². The van der Waals surface area contributed by atoms with Crippen molar-refractivity contribution < 1.29 is 18.4 Å². The third-order valence-electron chi connectivity index (χ3n) is 9.85. The number of unbranched alkanes of at least 4 members (excludes halogenated alkanes) is 24. The fourth-order valence-corrected chi connectivity index (χ4v) is 6.80. The van der Waals surface area contributed by atoms with Gasteiger partial charge in [0.2, 0.25) is 0 Å². The Kier molecular flexibility index (Phi) is 34.9. The van der Waals surface area contributed by atoms with Crippen LogP contribution >= 0.6 is 0 Å². The highest BCUT2D eigenvalue weighted by molar-refractivity contribution is 4.82. The molecule has 0 amide bonds. The second-order valence-corrected chi connectivity index (χ2v) is 17.6. The fraction of sp³-hybridized carbons (Fsp3) is 0.913. The zero-order valence-corrected chi connectivity index (χ0v) is 35.8. The highest BCUT2D eigenvalue weighted by atomic mass is 16.5. The average Bonchev–Trinajstić information content (AvgIpc) is 3.05. The lowest BCUT2D eigenvalue weighted by Gasteiger charge is -2.36. The van der Waals surface area contributed by atoms with Crippen LogP contribution in [0.2, 0.25) is 0 Å². The molecule has 0 aromatic rings. The summed E-state index contributed by atoms with van der Waals surface area (Å²) >= 11 is 0. The minimum Gasteiger partial charge on any atom is -0.369 e. The Morgan fingerprint density at radius 1 is 0.340 bits per heavy atom. The van der Waals surface area contributed by atoms with E-state index in [0.29, 0.717) is 0 Å². The summed E-state index contributed by atoms with van der Waals surface area (Å²) < 4.78 is 15.1. The SMILES string of the molecule is CCCCCCCCC=CCCCCCCCCOC(C[N+](C)(C)C)C(C[N+](C)(C)C)OCCCCCCCCC=CCCCCCCCC. The lowest BCUT2D eigenvalue weighted by atomic mass is 10.1. The van der Waals surface area contributed by atoms with E-state index < -0.39 is 0 Å². The normalized spacial score (nSPS) is 14.0. The van der Waals surface area contributed by atoms with Crippen molar-refractivity contribution in [1.82, 2.24) is 0 Å². The monoisotopic (exact) mass is 707 g/mol. The molecule has 0 radical (unpaired) electrons. The molecule has 0 N–H and O–H groups in total. The summed E-state index contributed by atoms with van der Waals surface area (Å²) in [6.45, 7) is 8.28. The molecular weight excluding hydrogens is 613 g/mol. The molecule has 0 fully saturated rings. The van der Waals surface area contributed by atoms with Crippen molar-refractivity contribution in [2.24, 2.45) is 0 Å². The summed E-state index contributed by atoms with van der Waals surface area (Å²) in [4.78, 5) is 0. The second-order valence-electron chi connectivity index (χ2n) is 17.6. The first-order valence-corrected chi connectivity index (χ1v) is 22.2. The summed E-state index contributed by atoms with van der Waals surface area (Å²) in [6, 6.07) is 0. The summed E-state index contributed by atoms with van der Waals surface area (Å²) in [5.74, 6) is 0. The molecule has 0 saturated heterocycles. The van der Waals surface area contributed by atoms with Gasteiger partial charge in [-0.2, -0.15) is 0 Å². The van der Waals surface area contributed by atoms with E-state index in [2.05, 4.69) is 80.4 Å². The van der Waals surface area contributed by atoms with Gasteiger partial charge in [-0.3, -0.25) is 0 Å². The first-order chi connectivity index (χ1) is 24.1. The molecule has 2 unspecified atom stereocenters. The molecule has 4 heteroatoms. The minimum atomic E-state index is 0.143. The van der Waals surface area contributed by atoms with Crippen LogP contribution in [0.15, 0.2) is 24.3 Å². The Bertz CT molecular complexity index is 673. The van der Waals surface area contributed by atoms with Crippen LogP contribution < -0.4 is 0 Å². The zero-order chi connectivity index (χ0) is 37.0. The molecule has 298 valence electrons. The lowest BCUT2D eigenvalue weighted by Crippen LogP contribution is -2.53. The number of hydrogen-bond donors (Lipinski definition) is 0. The van der Waals surface area contributed by atoms with Crippen LogP contribution in [-0.4, -0.2) is 89.8 Å². The Morgan fingerprint density at radius 3 is 0.840 bits per heavy atom. The topological polar surface area (TPSA) is 18.5 Å². The predicted molar refractivity (Wildman–Crippen MR) is 224 cm³/mol. The maximum Gasteiger partial charge on any atom is 0.138 e. The van der Waals surface area contributed by atoms with E-state index in [-0.39, 0.29) is 12.2 Å². The smallest absolute Gasteiger partial charge is 0.138 e. The fourth-order valence-electron chi connectivity index (χ4n) is 6.80. The number of ether oxygens (including phenoxy) is 2.